The number of carbonyl (C=O) groups excluding carboxylic acids is 2. The van der Waals surface area contributed by atoms with E-state index in [1.807, 2.05) is 30.3 Å². The van der Waals surface area contributed by atoms with Gasteiger partial charge in [-0.1, -0.05) is 54.6 Å². The number of ether oxygens (including phenoxy) is 1. The van der Waals surface area contributed by atoms with E-state index in [2.05, 4.69) is 41.1 Å². The summed E-state index contributed by atoms with van der Waals surface area (Å²) in [5.41, 5.74) is 3.75. The smallest absolute Gasteiger partial charge is 0.313 e. The lowest BCUT2D eigenvalue weighted by Crippen LogP contribution is -2.44. The first-order valence-electron chi connectivity index (χ1n) is 12.0. The summed E-state index contributed by atoms with van der Waals surface area (Å²) in [7, 11) is 0. The molecule has 3 aliphatic rings. The van der Waals surface area contributed by atoms with E-state index >= 15 is 0 Å². The molecule has 2 aromatic carbocycles. The average molecular weight is 445 g/mol. The third-order valence-electron chi connectivity index (χ3n) is 7.61. The molecule has 1 saturated carbocycles. The van der Waals surface area contributed by atoms with Gasteiger partial charge in [-0.05, 0) is 55.4 Å². The fourth-order valence-corrected chi connectivity index (χ4v) is 5.75. The fourth-order valence-electron chi connectivity index (χ4n) is 5.75. The molecule has 0 aromatic heterocycles. The summed E-state index contributed by atoms with van der Waals surface area (Å²) in [6, 6.07) is 18.5. The second-order valence-corrected chi connectivity index (χ2v) is 9.97. The van der Waals surface area contributed by atoms with Gasteiger partial charge >= 0.3 is 5.97 Å². The van der Waals surface area contributed by atoms with Gasteiger partial charge in [0, 0.05) is 37.2 Å². The quantitative estimate of drug-likeness (QED) is 0.538. The van der Waals surface area contributed by atoms with Crippen LogP contribution in [0.15, 0.2) is 66.7 Å². The highest BCUT2D eigenvalue weighted by Crippen LogP contribution is 2.52. The van der Waals surface area contributed by atoms with E-state index in [9.17, 15) is 9.59 Å². The van der Waals surface area contributed by atoms with Gasteiger partial charge in [-0.3, -0.25) is 14.5 Å². The van der Waals surface area contributed by atoms with Crippen molar-refractivity contribution in [2.45, 2.75) is 44.7 Å². The fraction of sp³-hybridized carbons (Fsp3) is 0.429. The number of piperidine rings is 1. The van der Waals surface area contributed by atoms with Crippen LogP contribution >= 0.6 is 0 Å². The second-order valence-electron chi connectivity index (χ2n) is 9.97. The maximum Gasteiger partial charge on any atom is 0.313 e. The van der Waals surface area contributed by atoms with Crippen LogP contribution < -0.4 is 5.32 Å². The van der Waals surface area contributed by atoms with Crippen molar-refractivity contribution in [1.82, 2.24) is 10.2 Å². The Labute approximate surface area is 195 Å². The Morgan fingerprint density at radius 3 is 2.52 bits per heavy atom. The van der Waals surface area contributed by atoms with Gasteiger partial charge in [0.05, 0.1) is 12.0 Å². The molecule has 2 aliphatic heterocycles. The normalized spacial score (nSPS) is 25.6. The molecule has 5 rings (SSSR count). The predicted octanol–water partition coefficient (Wildman–Crippen LogP) is 4.13. The van der Waals surface area contributed by atoms with Crippen molar-refractivity contribution >= 4 is 11.9 Å². The molecule has 5 heteroatoms. The van der Waals surface area contributed by atoms with E-state index in [0.717, 1.165) is 50.0 Å². The van der Waals surface area contributed by atoms with E-state index in [0.29, 0.717) is 25.0 Å². The predicted molar refractivity (Wildman–Crippen MR) is 128 cm³/mol. The van der Waals surface area contributed by atoms with E-state index < -0.39 is 5.41 Å². The van der Waals surface area contributed by atoms with Gasteiger partial charge < -0.3 is 10.1 Å². The topological polar surface area (TPSA) is 58.6 Å². The van der Waals surface area contributed by atoms with Gasteiger partial charge in [0.2, 0.25) is 0 Å². The SMILES string of the molecule is C=C1CC2COC(=O)C2(Cc2ccc(C(=O)NC3CCN(Cc4ccccc4)CC3)cc2)C1. The van der Waals surface area contributed by atoms with Crippen LogP contribution in [0.5, 0.6) is 0 Å². The minimum atomic E-state index is -0.464. The van der Waals surface area contributed by atoms with Gasteiger partial charge in [0.1, 0.15) is 0 Å². The van der Waals surface area contributed by atoms with E-state index in [4.69, 9.17) is 4.74 Å². The van der Waals surface area contributed by atoms with Crippen LogP contribution in [0, 0.1) is 11.3 Å². The van der Waals surface area contributed by atoms with Crippen LogP contribution in [0.25, 0.3) is 0 Å². The molecule has 1 amide bonds. The Bertz CT molecular complexity index is 1020. The first-order valence-corrected chi connectivity index (χ1v) is 12.0. The maximum absolute atomic E-state index is 12.8. The number of allylic oxidation sites excluding steroid dienone is 1. The van der Waals surface area contributed by atoms with E-state index in [1.54, 1.807) is 0 Å². The van der Waals surface area contributed by atoms with Gasteiger partial charge in [0.25, 0.3) is 5.91 Å². The lowest BCUT2D eigenvalue weighted by molar-refractivity contribution is -0.146. The summed E-state index contributed by atoms with van der Waals surface area (Å²) in [4.78, 5) is 27.8. The standard InChI is InChI=1S/C28H32N2O3/c1-20-15-24-19-33-27(32)28(24,16-20)17-21-7-9-23(10-8-21)26(31)29-25-11-13-30(14-12-25)18-22-5-3-2-4-6-22/h2-10,24-25H,1,11-19H2,(H,29,31). The number of hydrogen-bond acceptors (Lipinski definition) is 4. The zero-order valence-corrected chi connectivity index (χ0v) is 19.1. The number of esters is 1. The van der Waals surface area contributed by atoms with Gasteiger partial charge in [-0.25, -0.2) is 0 Å². The lowest BCUT2D eigenvalue weighted by Gasteiger charge is -2.32. The molecule has 172 valence electrons. The van der Waals surface area contributed by atoms with Crippen molar-refractivity contribution in [2.24, 2.45) is 11.3 Å². The van der Waals surface area contributed by atoms with Crippen LogP contribution in [0.4, 0.5) is 0 Å². The number of carbonyl (C=O) groups is 2. The molecule has 2 heterocycles. The van der Waals surface area contributed by atoms with Crippen molar-refractivity contribution < 1.29 is 14.3 Å². The zero-order chi connectivity index (χ0) is 22.8. The number of amides is 1. The molecule has 33 heavy (non-hydrogen) atoms. The van der Waals surface area contributed by atoms with E-state index in [-0.39, 0.29) is 23.8 Å². The summed E-state index contributed by atoms with van der Waals surface area (Å²) >= 11 is 0. The zero-order valence-electron chi connectivity index (χ0n) is 19.1. The average Bonchev–Trinajstić information content (AvgIpc) is 3.29. The van der Waals surface area contributed by atoms with Gasteiger partial charge in [-0.15, -0.1) is 0 Å². The Morgan fingerprint density at radius 1 is 1.06 bits per heavy atom. The Balaban J connectivity index is 1.14. The van der Waals surface area contributed by atoms with Crippen LogP contribution in [0.1, 0.15) is 47.2 Å². The molecule has 0 radical (unpaired) electrons. The lowest BCUT2D eigenvalue weighted by atomic mass is 9.75. The number of fused-ring (bicyclic) bond motifs is 1. The summed E-state index contributed by atoms with van der Waals surface area (Å²) in [6.07, 6.45) is 4.16. The first kappa shape index (κ1) is 21.9. The van der Waals surface area contributed by atoms with Gasteiger partial charge in [0.15, 0.2) is 0 Å². The molecule has 0 bridgehead atoms. The number of nitrogens with one attached hydrogen (secondary N) is 1. The van der Waals surface area contributed by atoms with Crippen molar-refractivity contribution in [3.63, 3.8) is 0 Å². The number of hydrogen-bond donors (Lipinski definition) is 1. The first-order chi connectivity index (χ1) is 16.0. The van der Waals surface area contributed by atoms with Crippen LogP contribution in [-0.2, 0) is 22.5 Å². The summed E-state index contributed by atoms with van der Waals surface area (Å²) in [6.45, 7) is 7.56. The highest BCUT2D eigenvalue weighted by atomic mass is 16.5. The molecule has 5 nitrogen and oxygen atoms in total. The molecular weight excluding hydrogens is 412 g/mol. The monoisotopic (exact) mass is 444 g/mol. The van der Waals surface area contributed by atoms with Gasteiger partial charge in [-0.2, -0.15) is 0 Å². The Morgan fingerprint density at radius 2 is 1.79 bits per heavy atom. The maximum atomic E-state index is 12.8. The minimum Gasteiger partial charge on any atom is -0.465 e. The van der Waals surface area contributed by atoms with Crippen LogP contribution in [0.3, 0.4) is 0 Å². The van der Waals surface area contributed by atoms with Crippen molar-refractivity contribution in [3.8, 4) is 0 Å². The van der Waals surface area contributed by atoms with E-state index in [1.165, 1.54) is 5.56 Å². The number of rotatable bonds is 6. The number of cyclic esters (lactones) is 1. The number of benzene rings is 2. The molecule has 2 saturated heterocycles. The highest BCUT2D eigenvalue weighted by Gasteiger charge is 2.55. The largest absolute Gasteiger partial charge is 0.465 e. The highest BCUT2D eigenvalue weighted by molar-refractivity contribution is 5.94. The van der Waals surface area contributed by atoms with Crippen LogP contribution in [-0.4, -0.2) is 42.5 Å². The number of nitrogens with zero attached hydrogens (tertiary/aromatic N) is 1. The molecule has 1 N–H and O–H groups in total. The molecule has 2 aromatic rings. The molecule has 3 fully saturated rings. The molecule has 0 spiro atoms. The third-order valence-corrected chi connectivity index (χ3v) is 7.61. The summed E-state index contributed by atoms with van der Waals surface area (Å²) < 4.78 is 5.38. The second kappa shape index (κ2) is 9.14. The Hall–Kier alpha value is -2.92. The minimum absolute atomic E-state index is 0.0198. The van der Waals surface area contributed by atoms with Crippen molar-refractivity contribution in [2.75, 3.05) is 19.7 Å². The summed E-state index contributed by atoms with van der Waals surface area (Å²) in [5, 5.41) is 3.21. The van der Waals surface area contributed by atoms with Crippen molar-refractivity contribution in [1.29, 1.82) is 0 Å². The molecular formula is C28H32N2O3. The summed E-state index contributed by atoms with van der Waals surface area (Å²) in [5.74, 6) is 0.119. The molecule has 2 atom stereocenters. The molecule has 1 aliphatic carbocycles. The molecule has 2 unspecified atom stereocenters. The Kier molecular flexibility index (Phi) is 6.07. The van der Waals surface area contributed by atoms with Crippen LogP contribution in [0.2, 0.25) is 0 Å². The third kappa shape index (κ3) is 4.60. The van der Waals surface area contributed by atoms with Crippen molar-refractivity contribution in [3.05, 3.63) is 83.4 Å². The number of likely N-dealkylation sites (tertiary alicyclic amines) is 1.